The van der Waals surface area contributed by atoms with Crippen molar-refractivity contribution in [2.45, 2.75) is 19.0 Å². The van der Waals surface area contributed by atoms with Crippen LogP contribution in [0, 0.1) is 11.6 Å². The summed E-state index contributed by atoms with van der Waals surface area (Å²) < 4.78 is 26.9. The van der Waals surface area contributed by atoms with Gasteiger partial charge in [-0.05, 0) is 30.7 Å². The van der Waals surface area contributed by atoms with E-state index in [4.69, 9.17) is 0 Å². The van der Waals surface area contributed by atoms with Crippen LogP contribution in [0.1, 0.15) is 30.1 Å². The molecule has 2 aromatic rings. The summed E-state index contributed by atoms with van der Waals surface area (Å²) in [5.41, 5.74) is 1.15. The molecule has 20 heavy (non-hydrogen) atoms. The number of nitrogens with one attached hydrogen (secondary N) is 1. The van der Waals surface area contributed by atoms with Crippen LogP contribution in [0.4, 0.5) is 8.78 Å². The van der Waals surface area contributed by atoms with E-state index in [1.165, 1.54) is 6.07 Å². The fourth-order valence-corrected chi connectivity index (χ4v) is 2.18. The number of hydrogen-bond donors (Lipinski definition) is 2. The molecule has 0 amide bonds. The second kappa shape index (κ2) is 6.59. The molecule has 4 heteroatoms. The van der Waals surface area contributed by atoms with Crippen molar-refractivity contribution in [3.05, 3.63) is 71.3 Å². The Hall–Kier alpha value is -1.78. The van der Waals surface area contributed by atoms with Gasteiger partial charge in [0, 0.05) is 11.6 Å². The minimum absolute atomic E-state index is 0.120. The minimum Gasteiger partial charge on any atom is -0.394 e. The van der Waals surface area contributed by atoms with E-state index in [-0.39, 0.29) is 18.2 Å². The first-order valence-electron chi connectivity index (χ1n) is 6.48. The van der Waals surface area contributed by atoms with Crippen molar-refractivity contribution in [3.63, 3.8) is 0 Å². The lowest BCUT2D eigenvalue weighted by Crippen LogP contribution is -2.27. The van der Waals surface area contributed by atoms with Crippen LogP contribution in [0.2, 0.25) is 0 Å². The molecule has 0 bridgehead atoms. The number of aliphatic hydroxyl groups is 1. The second-order valence-electron chi connectivity index (χ2n) is 4.70. The van der Waals surface area contributed by atoms with Gasteiger partial charge in [-0.25, -0.2) is 8.78 Å². The Labute approximate surface area is 117 Å². The van der Waals surface area contributed by atoms with Crippen LogP contribution >= 0.6 is 0 Å². The summed E-state index contributed by atoms with van der Waals surface area (Å²) in [5.74, 6) is -0.938. The molecule has 2 rings (SSSR count). The van der Waals surface area contributed by atoms with Crippen LogP contribution in [0.15, 0.2) is 48.5 Å². The summed E-state index contributed by atoms with van der Waals surface area (Å²) >= 11 is 0. The molecule has 2 N–H and O–H groups in total. The Morgan fingerprint density at radius 3 is 2.45 bits per heavy atom. The van der Waals surface area contributed by atoms with E-state index >= 15 is 0 Å². The SMILES string of the molecule is CC(N[C@H](CO)c1ccccc1)c1cc(F)ccc1F. The zero-order valence-corrected chi connectivity index (χ0v) is 11.2. The molecule has 0 aliphatic carbocycles. The third kappa shape index (κ3) is 3.40. The van der Waals surface area contributed by atoms with Crippen LogP contribution in [-0.4, -0.2) is 11.7 Å². The topological polar surface area (TPSA) is 32.3 Å². The van der Waals surface area contributed by atoms with Gasteiger partial charge in [-0.15, -0.1) is 0 Å². The first kappa shape index (κ1) is 14.6. The van der Waals surface area contributed by atoms with Crippen LogP contribution in [0.3, 0.4) is 0 Å². The fraction of sp³-hybridized carbons (Fsp3) is 0.250. The first-order valence-corrected chi connectivity index (χ1v) is 6.48. The monoisotopic (exact) mass is 277 g/mol. The minimum atomic E-state index is -0.477. The molecule has 0 spiro atoms. The molecular formula is C16H17F2NO. The predicted molar refractivity (Wildman–Crippen MR) is 74.2 cm³/mol. The van der Waals surface area contributed by atoms with Gasteiger partial charge in [0.15, 0.2) is 0 Å². The van der Waals surface area contributed by atoms with Crippen molar-refractivity contribution in [1.29, 1.82) is 0 Å². The fourth-order valence-electron chi connectivity index (χ4n) is 2.18. The smallest absolute Gasteiger partial charge is 0.128 e. The van der Waals surface area contributed by atoms with Gasteiger partial charge in [-0.3, -0.25) is 0 Å². The maximum atomic E-state index is 13.7. The Balaban J connectivity index is 2.17. The van der Waals surface area contributed by atoms with Crippen LogP contribution in [0.25, 0.3) is 0 Å². The van der Waals surface area contributed by atoms with Crippen molar-refractivity contribution < 1.29 is 13.9 Å². The predicted octanol–water partition coefficient (Wildman–Crippen LogP) is 3.35. The maximum Gasteiger partial charge on any atom is 0.128 e. The number of aliphatic hydroxyl groups excluding tert-OH is 1. The van der Waals surface area contributed by atoms with Gasteiger partial charge in [-0.1, -0.05) is 30.3 Å². The molecule has 0 aliphatic rings. The highest BCUT2D eigenvalue weighted by molar-refractivity contribution is 5.24. The van der Waals surface area contributed by atoms with Crippen molar-refractivity contribution >= 4 is 0 Å². The van der Waals surface area contributed by atoms with E-state index in [0.717, 1.165) is 17.7 Å². The quantitative estimate of drug-likeness (QED) is 0.878. The molecule has 0 aliphatic heterocycles. The van der Waals surface area contributed by atoms with Crippen molar-refractivity contribution in [2.24, 2.45) is 0 Å². The van der Waals surface area contributed by atoms with Gasteiger partial charge in [-0.2, -0.15) is 0 Å². The summed E-state index contributed by atoms with van der Waals surface area (Å²) in [6, 6.07) is 12.0. The molecule has 2 atom stereocenters. The number of halogens is 2. The van der Waals surface area contributed by atoms with E-state index in [2.05, 4.69) is 5.32 Å². The molecule has 0 aromatic heterocycles. The largest absolute Gasteiger partial charge is 0.394 e. The molecule has 0 saturated heterocycles. The molecule has 106 valence electrons. The zero-order chi connectivity index (χ0) is 14.5. The Bertz CT molecular complexity index is 560. The van der Waals surface area contributed by atoms with Crippen LogP contribution in [-0.2, 0) is 0 Å². The summed E-state index contributed by atoms with van der Waals surface area (Å²) in [7, 11) is 0. The number of benzene rings is 2. The molecular weight excluding hydrogens is 260 g/mol. The van der Waals surface area contributed by atoms with Crippen molar-refractivity contribution in [3.8, 4) is 0 Å². The van der Waals surface area contributed by atoms with E-state index in [9.17, 15) is 13.9 Å². The zero-order valence-electron chi connectivity index (χ0n) is 11.2. The lowest BCUT2D eigenvalue weighted by atomic mass is 10.0. The standard InChI is InChI=1S/C16H17F2NO/c1-11(14-9-13(17)7-8-15(14)18)19-16(10-20)12-5-3-2-4-6-12/h2-9,11,16,19-20H,10H2,1H3/t11?,16-/m1/s1. The van der Waals surface area contributed by atoms with Crippen LogP contribution in [0.5, 0.6) is 0 Å². The third-order valence-corrected chi connectivity index (χ3v) is 3.26. The van der Waals surface area contributed by atoms with Gasteiger partial charge in [0.2, 0.25) is 0 Å². The molecule has 2 nitrogen and oxygen atoms in total. The molecule has 0 fully saturated rings. The summed E-state index contributed by atoms with van der Waals surface area (Å²) in [5, 5.41) is 12.6. The molecule has 0 saturated carbocycles. The highest BCUT2D eigenvalue weighted by atomic mass is 19.1. The molecule has 0 heterocycles. The average molecular weight is 277 g/mol. The van der Waals surface area contributed by atoms with Gasteiger partial charge in [0.1, 0.15) is 11.6 Å². The number of rotatable bonds is 5. The average Bonchev–Trinajstić information content (AvgIpc) is 2.48. The Kier molecular flexibility index (Phi) is 4.82. The second-order valence-corrected chi connectivity index (χ2v) is 4.70. The highest BCUT2D eigenvalue weighted by Gasteiger charge is 2.17. The number of hydrogen-bond acceptors (Lipinski definition) is 2. The molecule has 2 aromatic carbocycles. The molecule has 0 radical (unpaired) electrons. The lowest BCUT2D eigenvalue weighted by Gasteiger charge is -2.22. The van der Waals surface area contributed by atoms with E-state index in [1.54, 1.807) is 6.92 Å². The van der Waals surface area contributed by atoms with Gasteiger partial charge >= 0.3 is 0 Å². The van der Waals surface area contributed by atoms with Gasteiger partial charge in [0.25, 0.3) is 0 Å². The maximum absolute atomic E-state index is 13.7. The Morgan fingerprint density at radius 1 is 1.10 bits per heavy atom. The third-order valence-electron chi connectivity index (χ3n) is 3.26. The van der Waals surface area contributed by atoms with E-state index in [0.29, 0.717) is 0 Å². The van der Waals surface area contributed by atoms with Crippen LogP contribution < -0.4 is 5.32 Å². The summed E-state index contributed by atoms with van der Waals surface area (Å²) in [6.45, 7) is 1.62. The van der Waals surface area contributed by atoms with E-state index in [1.807, 2.05) is 30.3 Å². The summed E-state index contributed by atoms with van der Waals surface area (Å²) in [4.78, 5) is 0. The highest BCUT2D eigenvalue weighted by Crippen LogP contribution is 2.22. The molecule has 1 unspecified atom stereocenters. The lowest BCUT2D eigenvalue weighted by molar-refractivity contribution is 0.234. The van der Waals surface area contributed by atoms with Crippen molar-refractivity contribution in [1.82, 2.24) is 5.32 Å². The van der Waals surface area contributed by atoms with Gasteiger partial charge < -0.3 is 10.4 Å². The van der Waals surface area contributed by atoms with E-state index < -0.39 is 17.7 Å². The first-order chi connectivity index (χ1) is 9.61. The van der Waals surface area contributed by atoms with Gasteiger partial charge in [0.05, 0.1) is 12.6 Å². The summed E-state index contributed by atoms with van der Waals surface area (Å²) in [6.07, 6.45) is 0. The Morgan fingerprint density at radius 2 is 1.80 bits per heavy atom. The normalized spacial score (nSPS) is 14.0. The van der Waals surface area contributed by atoms with Crippen molar-refractivity contribution in [2.75, 3.05) is 6.61 Å².